The van der Waals surface area contributed by atoms with Crippen LogP contribution < -0.4 is 15.4 Å². The van der Waals surface area contributed by atoms with Gasteiger partial charge in [0.15, 0.2) is 0 Å². The first-order chi connectivity index (χ1) is 12.5. The number of carbonyl (C=O) groups is 2. The molecule has 0 saturated carbocycles. The standard InChI is InChI=1S/C20H23ClN2O3/c1-15(24)22-14-6-2-3-9-20(25)23-16-10-12-17(13-11-16)26-19-8-5-4-7-18(19)21/h4-5,7-8,10-13H,2-3,6,9,14H2,1H3,(H,22,24)(H,23,25). The zero-order valence-corrected chi connectivity index (χ0v) is 15.5. The lowest BCUT2D eigenvalue weighted by Crippen LogP contribution is -2.20. The molecule has 0 aromatic heterocycles. The van der Waals surface area contributed by atoms with Crippen LogP contribution in [0.4, 0.5) is 5.69 Å². The Balaban J connectivity index is 1.72. The van der Waals surface area contributed by atoms with Crippen LogP contribution >= 0.6 is 11.6 Å². The first-order valence-electron chi connectivity index (χ1n) is 8.61. The molecule has 2 rings (SSSR count). The molecule has 2 aromatic carbocycles. The van der Waals surface area contributed by atoms with E-state index in [9.17, 15) is 9.59 Å². The largest absolute Gasteiger partial charge is 0.456 e. The molecule has 0 spiro atoms. The smallest absolute Gasteiger partial charge is 0.224 e. The number of hydrogen-bond acceptors (Lipinski definition) is 3. The van der Waals surface area contributed by atoms with Gasteiger partial charge in [-0.3, -0.25) is 9.59 Å². The summed E-state index contributed by atoms with van der Waals surface area (Å²) < 4.78 is 5.71. The van der Waals surface area contributed by atoms with Crippen molar-refractivity contribution in [3.63, 3.8) is 0 Å². The molecular formula is C20H23ClN2O3. The lowest BCUT2D eigenvalue weighted by Gasteiger charge is -2.09. The Kier molecular flexibility index (Phi) is 7.96. The Morgan fingerprint density at radius 1 is 1.00 bits per heavy atom. The van der Waals surface area contributed by atoms with Gasteiger partial charge in [-0.15, -0.1) is 0 Å². The Bertz CT molecular complexity index is 732. The Labute approximate surface area is 158 Å². The van der Waals surface area contributed by atoms with Gasteiger partial charge in [-0.1, -0.05) is 30.2 Å². The van der Waals surface area contributed by atoms with Gasteiger partial charge in [0.25, 0.3) is 0 Å². The van der Waals surface area contributed by atoms with Crippen LogP contribution in [-0.4, -0.2) is 18.4 Å². The average Bonchev–Trinajstić information content (AvgIpc) is 2.61. The zero-order valence-electron chi connectivity index (χ0n) is 14.8. The molecule has 5 nitrogen and oxygen atoms in total. The van der Waals surface area contributed by atoms with Crippen LogP contribution in [0.5, 0.6) is 11.5 Å². The minimum Gasteiger partial charge on any atom is -0.456 e. The summed E-state index contributed by atoms with van der Waals surface area (Å²) in [6.07, 6.45) is 3.02. The van der Waals surface area contributed by atoms with E-state index in [0.717, 1.165) is 24.9 Å². The second-order valence-corrected chi connectivity index (χ2v) is 6.31. The molecule has 0 aliphatic heterocycles. The molecule has 6 heteroatoms. The molecule has 0 heterocycles. The summed E-state index contributed by atoms with van der Waals surface area (Å²) in [5.41, 5.74) is 0.722. The number of rotatable bonds is 9. The van der Waals surface area contributed by atoms with Crippen molar-refractivity contribution in [1.29, 1.82) is 0 Å². The molecular weight excluding hydrogens is 352 g/mol. The Hall–Kier alpha value is -2.53. The molecule has 0 radical (unpaired) electrons. The van der Waals surface area contributed by atoms with Gasteiger partial charge in [-0.05, 0) is 49.2 Å². The quantitative estimate of drug-likeness (QED) is 0.621. The number of halogens is 1. The summed E-state index contributed by atoms with van der Waals surface area (Å²) in [7, 11) is 0. The van der Waals surface area contributed by atoms with E-state index in [2.05, 4.69) is 10.6 Å². The molecule has 138 valence electrons. The van der Waals surface area contributed by atoms with Crippen molar-refractivity contribution in [1.82, 2.24) is 5.32 Å². The van der Waals surface area contributed by atoms with E-state index < -0.39 is 0 Å². The maximum Gasteiger partial charge on any atom is 0.224 e. The highest BCUT2D eigenvalue weighted by Crippen LogP contribution is 2.29. The lowest BCUT2D eigenvalue weighted by atomic mass is 10.2. The third-order valence-corrected chi connectivity index (χ3v) is 3.97. The predicted molar refractivity (Wildman–Crippen MR) is 104 cm³/mol. The topological polar surface area (TPSA) is 67.4 Å². The number of unbranched alkanes of at least 4 members (excludes halogenated alkanes) is 2. The molecule has 0 atom stereocenters. The van der Waals surface area contributed by atoms with Crippen molar-refractivity contribution in [3.8, 4) is 11.5 Å². The van der Waals surface area contributed by atoms with Gasteiger partial charge in [-0.25, -0.2) is 0 Å². The molecule has 0 saturated heterocycles. The second kappa shape index (κ2) is 10.5. The summed E-state index contributed by atoms with van der Waals surface area (Å²) in [4.78, 5) is 22.7. The highest BCUT2D eigenvalue weighted by Gasteiger charge is 2.05. The molecule has 2 N–H and O–H groups in total. The maximum atomic E-state index is 11.9. The van der Waals surface area contributed by atoms with Crippen molar-refractivity contribution in [2.75, 3.05) is 11.9 Å². The SMILES string of the molecule is CC(=O)NCCCCCC(=O)Nc1ccc(Oc2ccccc2Cl)cc1. The van der Waals surface area contributed by atoms with Crippen LogP contribution in [0, 0.1) is 0 Å². The fraction of sp³-hybridized carbons (Fsp3) is 0.300. The van der Waals surface area contributed by atoms with Gasteiger partial charge < -0.3 is 15.4 Å². The van der Waals surface area contributed by atoms with E-state index in [4.69, 9.17) is 16.3 Å². The maximum absolute atomic E-state index is 11.9. The van der Waals surface area contributed by atoms with Crippen molar-refractivity contribution in [3.05, 3.63) is 53.6 Å². The molecule has 0 aliphatic rings. The van der Waals surface area contributed by atoms with E-state index >= 15 is 0 Å². The first-order valence-corrected chi connectivity index (χ1v) is 8.99. The van der Waals surface area contributed by atoms with Gasteiger partial charge >= 0.3 is 0 Å². The zero-order chi connectivity index (χ0) is 18.8. The minimum absolute atomic E-state index is 0.0234. The van der Waals surface area contributed by atoms with Crippen LogP contribution in [0.3, 0.4) is 0 Å². The molecule has 2 aromatic rings. The summed E-state index contributed by atoms with van der Waals surface area (Å²) in [6, 6.07) is 14.4. The van der Waals surface area contributed by atoms with E-state index in [1.807, 2.05) is 12.1 Å². The van der Waals surface area contributed by atoms with Crippen molar-refractivity contribution < 1.29 is 14.3 Å². The van der Waals surface area contributed by atoms with Crippen LogP contribution in [-0.2, 0) is 9.59 Å². The van der Waals surface area contributed by atoms with Crippen LogP contribution in [0.2, 0.25) is 5.02 Å². The fourth-order valence-corrected chi connectivity index (χ4v) is 2.51. The van der Waals surface area contributed by atoms with Gasteiger partial charge in [-0.2, -0.15) is 0 Å². The number of para-hydroxylation sites is 1. The number of ether oxygens (including phenoxy) is 1. The number of anilines is 1. The highest BCUT2D eigenvalue weighted by molar-refractivity contribution is 6.32. The van der Waals surface area contributed by atoms with Crippen molar-refractivity contribution >= 4 is 29.1 Å². The first kappa shape index (κ1) is 19.8. The fourth-order valence-electron chi connectivity index (χ4n) is 2.34. The highest BCUT2D eigenvalue weighted by atomic mass is 35.5. The van der Waals surface area contributed by atoms with E-state index in [0.29, 0.717) is 29.5 Å². The minimum atomic E-state index is -0.0238. The van der Waals surface area contributed by atoms with Gasteiger partial charge in [0.05, 0.1) is 5.02 Å². The van der Waals surface area contributed by atoms with Crippen LogP contribution in [0.25, 0.3) is 0 Å². The van der Waals surface area contributed by atoms with Gasteiger partial charge in [0.1, 0.15) is 11.5 Å². The number of carbonyl (C=O) groups excluding carboxylic acids is 2. The predicted octanol–water partition coefficient (Wildman–Crippen LogP) is 4.77. The van der Waals surface area contributed by atoms with E-state index in [-0.39, 0.29) is 11.8 Å². The van der Waals surface area contributed by atoms with Crippen LogP contribution in [0.1, 0.15) is 32.6 Å². The van der Waals surface area contributed by atoms with Gasteiger partial charge in [0, 0.05) is 25.6 Å². The Morgan fingerprint density at radius 2 is 1.73 bits per heavy atom. The summed E-state index contributed by atoms with van der Waals surface area (Å²) in [5, 5.41) is 6.15. The number of nitrogens with one attached hydrogen (secondary N) is 2. The normalized spacial score (nSPS) is 10.2. The molecule has 0 fully saturated rings. The lowest BCUT2D eigenvalue weighted by molar-refractivity contribution is -0.119. The molecule has 0 bridgehead atoms. The Morgan fingerprint density at radius 3 is 2.42 bits per heavy atom. The van der Waals surface area contributed by atoms with E-state index in [1.54, 1.807) is 36.4 Å². The average molecular weight is 375 g/mol. The monoisotopic (exact) mass is 374 g/mol. The second-order valence-electron chi connectivity index (χ2n) is 5.90. The van der Waals surface area contributed by atoms with E-state index in [1.165, 1.54) is 6.92 Å². The van der Waals surface area contributed by atoms with Gasteiger partial charge in [0.2, 0.25) is 11.8 Å². The number of amides is 2. The summed E-state index contributed by atoms with van der Waals surface area (Å²) in [6.45, 7) is 2.15. The molecule has 0 aliphatic carbocycles. The molecule has 26 heavy (non-hydrogen) atoms. The van der Waals surface area contributed by atoms with Crippen LogP contribution in [0.15, 0.2) is 48.5 Å². The third kappa shape index (κ3) is 7.15. The summed E-state index contributed by atoms with van der Waals surface area (Å²) >= 11 is 6.07. The third-order valence-electron chi connectivity index (χ3n) is 3.66. The molecule has 0 unspecified atom stereocenters. The number of hydrogen-bond donors (Lipinski definition) is 2. The van der Waals surface area contributed by atoms with Crippen molar-refractivity contribution in [2.24, 2.45) is 0 Å². The van der Waals surface area contributed by atoms with Crippen molar-refractivity contribution in [2.45, 2.75) is 32.6 Å². The number of benzene rings is 2. The molecule has 2 amide bonds. The summed E-state index contributed by atoms with van der Waals surface area (Å²) in [5.74, 6) is 1.19.